The van der Waals surface area contributed by atoms with Crippen molar-refractivity contribution in [2.24, 2.45) is 5.92 Å². The molecule has 1 aromatic carbocycles. The molecule has 140 valence electrons. The molecule has 1 saturated heterocycles. The molecule has 6 nitrogen and oxygen atoms in total. The van der Waals surface area contributed by atoms with Crippen molar-refractivity contribution in [3.05, 3.63) is 35.4 Å². The van der Waals surface area contributed by atoms with E-state index in [2.05, 4.69) is 0 Å². The number of fused-ring (bicyclic) bond motifs is 2. The monoisotopic (exact) mass is 360 g/mol. The predicted molar refractivity (Wildman–Crippen MR) is 94.2 cm³/mol. The molecule has 1 fully saturated rings. The molecular weight excluding hydrogens is 336 g/mol. The van der Waals surface area contributed by atoms with Gasteiger partial charge in [0.15, 0.2) is 5.78 Å². The molecule has 2 aliphatic heterocycles. The van der Waals surface area contributed by atoms with Crippen molar-refractivity contribution < 1.29 is 29.3 Å². The average molecular weight is 360 g/mol. The zero-order chi connectivity index (χ0) is 18.8. The van der Waals surface area contributed by atoms with Crippen LogP contribution in [0.25, 0.3) is 0 Å². The third kappa shape index (κ3) is 4.25. The van der Waals surface area contributed by atoms with E-state index in [4.69, 9.17) is 9.47 Å². The first-order valence-electron chi connectivity index (χ1n) is 8.95. The highest BCUT2D eigenvalue weighted by atomic mass is 16.6. The Hall–Kier alpha value is -2.34. The summed E-state index contributed by atoms with van der Waals surface area (Å²) in [5.74, 6) is -1.42. The molecule has 2 heterocycles. The number of benzene rings is 1. The number of epoxide rings is 1. The lowest BCUT2D eigenvalue weighted by Gasteiger charge is -2.22. The van der Waals surface area contributed by atoms with E-state index in [1.165, 1.54) is 12.1 Å². The minimum absolute atomic E-state index is 0.0510. The Labute approximate surface area is 152 Å². The maximum atomic E-state index is 12.7. The molecule has 3 atom stereocenters. The first-order valence-corrected chi connectivity index (χ1v) is 8.95. The fraction of sp³-hybridized carbons (Fsp3) is 0.500. The van der Waals surface area contributed by atoms with Gasteiger partial charge in [-0.25, -0.2) is 4.79 Å². The Balaban J connectivity index is 1.95. The number of carbonyl (C=O) groups excluding carboxylic acids is 2. The van der Waals surface area contributed by atoms with Gasteiger partial charge >= 0.3 is 5.97 Å². The second kappa shape index (κ2) is 7.50. The van der Waals surface area contributed by atoms with Crippen molar-refractivity contribution in [1.82, 2.24) is 0 Å². The number of phenolic OH excluding ortho intramolecular Hbond substituents is 2. The Kier molecular flexibility index (Phi) is 5.32. The minimum atomic E-state index is -0.692. The molecule has 0 spiro atoms. The van der Waals surface area contributed by atoms with Gasteiger partial charge in [-0.05, 0) is 36.5 Å². The van der Waals surface area contributed by atoms with Gasteiger partial charge in [0.25, 0.3) is 0 Å². The van der Waals surface area contributed by atoms with Crippen molar-refractivity contribution in [3.63, 3.8) is 0 Å². The van der Waals surface area contributed by atoms with Crippen LogP contribution in [0, 0.1) is 5.92 Å². The number of carbonyl (C=O) groups is 2. The Morgan fingerprint density at radius 2 is 1.92 bits per heavy atom. The summed E-state index contributed by atoms with van der Waals surface area (Å²) in [6.07, 6.45) is 5.16. The third-order valence-corrected chi connectivity index (χ3v) is 4.83. The van der Waals surface area contributed by atoms with Gasteiger partial charge < -0.3 is 19.7 Å². The van der Waals surface area contributed by atoms with Gasteiger partial charge in [0.2, 0.25) is 0 Å². The molecule has 0 unspecified atom stereocenters. The van der Waals surface area contributed by atoms with E-state index in [0.717, 1.165) is 18.9 Å². The van der Waals surface area contributed by atoms with Crippen molar-refractivity contribution >= 4 is 11.8 Å². The molecule has 3 rings (SSSR count). The molecule has 2 N–H and O–H groups in total. The first-order chi connectivity index (χ1) is 12.3. The Morgan fingerprint density at radius 1 is 1.15 bits per heavy atom. The molecule has 1 aromatic rings. The van der Waals surface area contributed by atoms with E-state index < -0.39 is 11.7 Å². The summed E-state index contributed by atoms with van der Waals surface area (Å²) < 4.78 is 11.3. The highest BCUT2D eigenvalue weighted by Crippen LogP contribution is 2.34. The van der Waals surface area contributed by atoms with Crippen molar-refractivity contribution in [1.29, 1.82) is 0 Å². The number of allylic oxidation sites excluding steroid dienone is 2. The second-order valence-corrected chi connectivity index (χ2v) is 7.26. The average Bonchev–Trinajstić information content (AvgIpc) is 3.27. The van der Waals surface area contributed by atoms with Crippen LogP contribution in [0.1, 0.15) is 49.0 Å². The van der Waals surface area contributed by atoms with Crippen LogP contribution in [0.3, 0.4) is 0 Å². The van der Waals surface area contributed by atoms with Gasteiger partial charge in [0.1, 0.15) is 23.2 Å². The topological polar surface area (TPSA) is 96.4 Å². The van der Waals surface area contributed by atoms with Crippen LogP contribution in [-0.2, 0) is 20.7 Å². The van der Waals surface area contributed by atoms with E-state index in [1.807, 2.05) is 13.8 Å². The van der Waals surface area contributed by atoms with Crippen LogP contribution < -0.4 is 0 Å². The molecule has 0 aliphatic carbocycles. The fourth-order valence-corrected chi connectivity index (χ4v) is 3.29. The molecule has 2 aliphatic rings. The molecule has 0 aromatic heterocycles. The lowest BCUT2D eigenvalue weighted by Crippen LogP contribution is -2.26. The molecule has 6 heteroatoms. The quantitative estimate of drug-likeness (QED) is 0.590. The fourth-order valence-electron chi connectivity index (χ4n) is 3.29. The van der Waals surface area contributed by atoms with Gasteiger partial charge in [-0.3, -0.25) is 4.79 Å². The number of hydrogen-bond acceptors (Lipinski definition) is 6. The number of ketones is 1. The van der Waals surface area contributed by atoms with Crippen LogP contribution in [0.5, 0.6) is 11.5 Å². The first kappa shape index (κ1) is 18.5. The Bertz CT molecular complexity index is 736. The normalized spacial score (nSPS) is 27.9. The lowest BCUT2D eigenvalue weighted by atomic mass is 9.97. The molecule has 0 bridgehead atoms. The standard InChI is InChI=1S/C20H24O6/c1-11(2)17-10-18-16(25-18)6-4-3-5-13(21)7-12-8-14(22)9-15(23)19(12)20(24)26-17/h3,5,8-9,11,16-18,22-23H,4,6-7,10H2,1-2H3/b5-3+/t16-,17+,18-/m1/s1. The van der Waals surface area contributed by atoms with Gasteiger partial charge in [-0.2, -0.15) is 0 Å². The molecule has 0 radical (unpaired) electrons. The molecule has 0 saturated carbocycles. The third-order valence-electron chi connectivity index (χ3n) is 4.83. The lowest BCUT2D eigenvalue weighted by molar-refractivity contribution is -0.114. The van der Waals surface area contributed by atoms with Crippen LogP contribution in [-0.4, -0.2) is 40.3 Å². The number of aromatic hydroxyl groups is 2. The predicted octanol–water partition coefficient (Wildman–Crippen LogP) is 2.90. The van der Waals surface area contributed by atoms with E-state index in [1.54, 1.807) is 6.08 Å². The molecule has 0 amide bonds. The summed E-state index contributed by atoms with van der Waals surface area (Å²) in [6, 6.07) is 2.40. The number of rotatable bonds is 1. The summed E-state index contributed by atoms with van der Waals surface area (Å²) in [6.45, 7) is 3.92. The Morgan fingerprint density at radius 3 is 2.65 bits per heavy atom. The maximum absolute atomic E-state index is 12.7. The van der Waals surface area contributed by atoms with E-state index in [0.29, 0.717) is 6.42 Å². The summed E-state index contributed by atoms with van der Waals surface area (Å²) >= 11 is 0. The zero-order valence-electron chi connectivity index (χ0n) is 15.0. The van der Waals surface area contributed by atoms with Crippen molar-refractivity contribution in [2.45, 2.75) is 57.8 Å². The van der Waals surface area contributed by atoms with Crippen LogP contribution in [0.2, 0.25) is 0 Å². The highest BCUT2D eigenvalue weighted by Gasteiger charge is 2.41. The van der Waals surface area contributed by atoms with E-state index in [-0.39, 0.29) is 53.3 Å². The number of hydrogen-bond donors (Lipinski definition) is 2. The number of ether oxygens (including phenoxy) is 2. The second-order valence-electron chi connectivity index (χ2n) is 7.26. The van der Waals surface area contributed by atoms with E-state index in [9.17, 15) is 19.8 Å². The largest absolute Gasteiger partial charge is 0.508 e. The minimum Gasteiger partial charge on any atom is -0.508 e. The zero-order valence-corrected chi connectivity index (χ0v) is 15.0. The molecular formula is C20H24O6. The van der Waals surface area contributed by atoms with Crippen molar-refractivity contribution in [3.8, 4) is 11.5 Å². The molecule has 26 heavy (non-hydrogen) atoms. The number of esters is 1. The van der Waals surface area contributed by atoms with Gasteiger partial charge in [0, 0.05) is 18.9 Å². The van der Waals surface area contributed by atoms with Gasteiger partial charge in [-0.1, -0.05) is 19.9 Å². The summed E-state index contributed by atoms with van der Waals surface area (Å²) in [4.78, 5) is 24.9. The summed E-state index contributed by atoms with van der Waals surface area (Å²) in [5, 5.41) is 19.9. The van der Waals surface area contributed by atoms with Gasteiger partial charge in [0.05, 0.1) is 12.2 Å². The van der Waals surface area contributed by atoms with Crippen molar-refractivity contribution in [2.75, 3.05) is 0 Å². The van der Waals surface area contributed by atoms with Gasteiger partial charge in [-0.15, -0.1) is 0 Å². The maximum Gasteiger partial charge on any atom is 0.342 e. The van der Waals surface area contributed by atoms with Crippen LogP contribution in [0.4, 0.5) is 0 Å². The summed E-state index contributed by atoms with van der Waals surface area (Å²) in [5.41, 5.74) is 0.183. The highest BCUT2D eigenvalue weighted by molar-refractivity contribution is 5.98. The SMILES string of the molecule is CC(C)[C@@H]1C[C@H]2O[C@@H]2CC/C=C/C(=O)Cc2cc(O)cc(O)c2C(=O)O1. The number of cyclic esters (lactones) is 1. The van der Waals surface area contributed by atoms with Crippen LogP contribution >= 0.6 is 0 Å². The van der Waals surface area contributed by atoms with E-state index >= 15 is 0 Å². The smallest absolute Gasteiger partial charge is 0.342 e. The summed E-state index contributed by atoms with van der Waals surface area (Å²) in [7, 11) is 0. The number of phenols is 2. The van der Waals surface area contributed by atoms with Crippen LogP contribution in [0.15, 0.2) is 24.3 Å².